The molecule has 2 aromatic rings. The molecule has 0 amide bonds. The van der Waals surface area contributed by atoms with Crippen molar-refractivity contribution in [3.63, 3.8) is 0 Å². The molecule has 4 N–H and O–H groups in total. The van der Waals surface area contributed by atoms with E-state index in [2.05, 4.69) is 9.47 Å². The zero-order chi connectivity index (χ0) is 53.5. The second-order valence-electron chi connectivity index (χ2n) is 14.2. The molecule has 0 spiro atoms. The lowest BCUT2D eigenvalue weighted by Crippen LogP contribution is -2.68. The van der Waals surface area contributed by atoms with Crippen molar-refractivity contribution in [2.75, 3.05) is 0 Å². The Balaban J connectivity index is 1.85. The van der Waals surface area contributed by atoms with Crippen LogP contribution in [0.4, 0.5) is 96.6 Å². The van der Waals surface area contributed by atoms with Crippen LogP contribution >= 0.6 is 0 Å². The van der Waals surface area contributed by atoms with Crippen molar-refractivity contribution >= 4 is 23.9 Å². The number of hydrogen-bond acceptors (Lipinski definition) is 6. The summed E-state index contributed by atoms with van der Waals surface area (Å²) in [6, 6.07) is -0.0322. The van der Waals surface area contributed by atoms with Crippen molar-refractivity contribution in [3.8, 4) is 11.5 Å². The number of aromatic carboxylic acids is 4. The maximum Gasteiger partial charge on any atom is 0.432 e. The van der Waals surface area contributed by atoms with Gasteiger partial charge in [-0.3, -0.25) is 0 Å². The van der Waals surface area contributed by atoms with Crippen LogP contribution in [0.1, 0.15) is 54.3 Å². The van der Waals surface area contributed by atoms with Gasteiger partial charge < -0.3 is 29.9 Å². The van der Waals surface area contributed by atoms with Crippen LogP contribution in [0.5, 0.6) is 11.5 Å². The molecule has 380 valence electrons. The number of hydrogen-bond donors (Lipinski definition) is 4. The Bertz CT molecular complexity index is 2410. The van der Waals surface area contributed by atoms with Crippen molar-refractivity contribution in [1.29, 1.82) is 0 Å². The van der Waals surface area contributed by atoms with Gasteiger partial charge in [0.25, 0.3) is 0 Å². The third-order valence-electron chi connectivity index (χ3n) is 10.0. The number of halogens is 22. The van der Waals surface area contributed by atoms with Gasteiger partial charge in [0.1, 0.15) is 11.5 Å². The largest absolute Gasteiger partial charge is 0.478 e. The standard InChI is InChI=1S/C37H18F22O10/c38-29(39,13-5-7-27(36(54,55)56,21(9-13)31(42,43)44)68-15-1-3-17(23(60)61)19(11-15)25(64)65)33(48,49)35(52,53)34(50,51)30(40,41)14-6-8-28(37(57,58)59,22(10-14)32(45,46)47)69-16-2-4-18(24(62)63)20(12-16)26(66)67/h1-6,9-12H,7-8H2,(H,60,61)(H,62,63)(H,64,65)(H,66,67). The lowest BCUT2D eigenvalue weighted by atomic mass is 9.77. The molecule has 0 fully saturated rings. The van der Waals surface area contributed by atoms with Gasteiger partial charge >= 0.3 is 78.2 Å². The number of allylic oxidation sites excluding steroid dienone is 4. The summed E-state index contributed by atoms with van der Waals surface area (Å²) in [4.78, 5) is 45.5. The summed E-state index contributed by atoms with van der Waals surface area (Å²) in [5.41, 5.74) is -30.3. The van der Waals surface area contributed by atoms with Gasteiger partial charge in [-0.25, -0.2) is 19.2 Å². The van der Waals surface area contributed by atoms with Crippen LogP contribution in [0.2, 0.25) is 0 Å². The molecule has 2 aromatic carbocycles. The molecule has 0 aliphatic heterocycles. The summed E-state index contributed by atoms with van der Waals surface area (Å²) in [7, 11) is 0. The molecule has 2 aliphatic carbocycles. The van der Waals surface area contributed by atoms with Crippen LogP contribution in [0.15, 0.2) is 83.0 Å². The maximum atomic E-state index is 15.4. The van der Waals surface area contributed by atoms with E-state index in [0.29, 0.717) is 0 Å². The molecular weight excluding hydrogens is 1020 g/mol. The minimum Gasteiger partial charge on any atom is -0.478 e. The summed E-state index contributed by atoms with van der Waals surface area (Å²) < 4.78 is 334. The number of rotatable bonds is 14. The Morgan fingerprint density at radius 1 is 0.420 bits per heavy atom. The zero-order valence-electron chi connectivity index (χ0n) is 32.2. The highest BCUT2D eigenvalue weighted by Gasteiger charge is 2.87. The predicted octanol–water partition coefficient (Wildman–Crippen LogP) is 11.4. The molecule has 0 heterocycles. The van der Waals surface area contributed by atoms with E-state index in [0.717, 1.165) is 0 Å². The van der Waals surface area contributed by atoms with E-state index < -0.39 is 183 Å². The van der Waals surface area contributed by atoms with Crippen molar-refractivity contribution < 1.29 is 146 Å². The molecule has 2 aliphatic rings. The van der Waals surface area contributed by atoms with Crippen LogP contribution < -0.4 is 9.47 Å². The topological polar surface area (TPSA) is 168 Å². The van der Waals surface area contributed by atoms with E-state index in [9.17, 15) is 82.1 Å². The molecule has 2 atom stereocenters. The molecule has 2 unspecified atom stereocenters. The predicted molar refractivity (Wildman–Crippen MR) is 178 cm³/mol. The van der Waals surface area contributed by atoms with Gasteiger partial charge in [-0.1, -0.05) is 12.2 Å². The first kappa shape index (κ1) is 54.9. The van der Waals surface area contributed by atoms with Crippen LogP contribution in [0.3, 0.4) is 0 Å². The molecule has 0 bridgehead atoms. The van der Waals surface area contributed by atoms with E-state index in [1.54, 1.807) is 0 Å². The van der Waals surface area contributed by atoms with Gasteiger partial charge in [-0.05, 0) is 48.6 Å². The number of alkyl halides is 22. The SMILES string of the molecule is O=C(O)c1ccc(OC2(C(F)(F)F)CC=C(C(F)(F)C(F)(F)C(F)(F)C(F)(F)C(F)(F)C3=CCC(Oc4ccc(C(=O)O)c(C(=O)O)c4)(C(F)(F)F)C(C(F)(F)F)=C3)C=C2C(F)(F)F)cc1C(=O)O. The van der Waals surface area contributed by atoms with Gasteiger partial charge in [0.15, 0.2) is 0 Å². The Hall–Kier alpha value is -6.66. The first-order chi connectivity index (χ1) is 30.8. The number of carbonyl (C=O) groups is 4. The molecule has 69 heavy (non-hydrogen) atoms. The van der Waals surface area contributed by atoms with E-state index in [4.69, 9.17) is 10.2 Å². The molecule has 0 saturated carbocycles. The molecule has 10 nitrogen and oxygen atoms in total. The first-order valence-electron chi connectivity index (χ1n) is 17.4. The fourth-order valence-corrected chi connectivity index (χ4v) is 6.55. The lowest BCUT2D eigenvalue weighted by molar-refractivity contribution is -0.389. The third-order valence-corrected chi connectivity index (χ3v) is 10.0. The minimum atomic E-state index is -8.53. The van der Waals surface area contributed by atoms with Crippen LogP contribution in [-0.2, 0) is 0 Å². The summed E-state index contributed by atoms with van der Waals surface area (Å²) in [6.07, 6.45) is -38.6. The second kappa shape index (κ2) is 16.8. The monoisotopic (exact) mass is 1040 g/mol. The van der Waals surface area contributed by atoms with Gasteiger partial charge in [0.05, 0.1) is 33.4 Å². The smallest absolute Gasteiger partial charge is 0.432 e. The molecule has 0 radical (unpaired) electrons. The van der Waals surface area contributed by atoms with Gasteiger partial charge in [-0.15, -0.1) is 0 Å². The average molecular weight is 1040 g/mol. The fourth-order valence-electron chi connectivity index (χ4n) is 6.55. The van der Waals surface area contributed by atoms with E-state index in [1.165, 1.54) is 0 Å². The molecular formula is C37H18F22O10. The Kier molecular flexibility index (Phi) is 13.4. The quantitative estimate of drug-likeness (QED) is 0.134. The van der Waals surface area contributed by atoms with Gasteiger partial charge in [0, 0.05) is 24.0 Å². The fraction of sp³-hybridized carbons (Fsp3) is 0.351. The normalized spacial score (nSPS) is 20.3. The lowest BCUT2D eigenvalue weighted by Gasteiger charge is -2.44. The summed E-state index contributed by atoms with van der Waals surface area (Å²) >= 11 is 0. The zero-order valence-corrected chi connectivity index (χ0v) is 32.2. The first-order valence-corrected chi connectivity index (χ1v) is 17.4. The third kappa shape index (κ3) is 8.95. The highest BCUT2D eigenvalue weighted by atomic mass is 19.4. The molecule has 0 saturated heterocycles. The van der Waals surface area contributed by atoms with Gasteiger partial charge in [-0.2, -0.15) is 96.6 Å². The molecule has 4 rings (SSSR count). The highest BCUT2D eigenvalue weighted by Crippen LogP contribution is 2.63. The minimum absolute atomic E-state index is 0.0470. The second-order valence-corrected chi connectivity index (χ2v) is 14.2. The van der Waals surface area contributed by atoms with E-state index in [-0.39, 0.29) is 36.4 Å². The Labute approximate surface area is 365 Å². The number of carboxylic acids is 4. The van der Waals surface area contributed by atoms with Crippen LogP contribution in [0, 0.1) is 0 Å². The number of ether oxygens (including phenoxy) is 2. The molecule has 0 aromatic heterocycles. The summed E-state index contributed by atoms with van der Waals surface area (Å²) in [6.45, 7) is 0. The number of carboxylic acid groups (broad SMARTS) is 4. The van der Waals surface area contributed by atoms with Gasteiger partial charge in [0.2, 0.25) is 11.2 Å². The summed E-state index contributed by atoms with van der Waals surface area (Å²) in [5.74, 6) is -52.4. The highest BCUT2D eigenvalue weighted by molar-refractivity contribution is 6.02. The summed E-state index contributed by atoms with van der Waals surface area (Å²) in [5, 5.41) is 36.5. The van der Waals surface area contributed by atoms with Crippen molar-refractivity contribution in [2.24, 2.45) is 0 Å². The Morgan fingerprint density at radius 2 is 0.696 bits per heavy atom. The Morgan fingerprint density at radius 3 is 0.928 bits per heavy atom. The van der Waals surface area contributed by atoms with Crippen LogP contribution in [-0.4, -0.2) is 110 Å². The van der Waals surface area contributed by atoms with E-state index in [1.807, 2.05) is 0 Å². The maximum absolute atomic E-state index is 15.4. The number of benzene rings is 2. The van der Waals surface area contributed by atoms with E-state index >= 15 is 43.9 Å². The van der Waals surface area contributed by atoms with Crippen molar-refractivity contribution in [2.45, 2.75) is 78.4 Å². The average Bonchev–Trinajstić information content (AvgIpc) is 3.18. The van der Waals surface area contributed by atoms with Crippen LogP contribution in [0.25, 0.3) is 0 Å². The van der Waals surface area contributed by atoms with Crippen molar-refractivity contribution in [1.82, 2.24) is 0 Å². The van der Waals surface area contributed by atoms with Crippen molar-refractivity contribution in [3.05, 3.63) is 105 Å². The molecule has 32 heteroatoms.